The summed E-state index contributed by atoms with van der Waals surface area (Å²) in [6.07, 6.45) is -0.890. The van der Waals surface area contributed by atoms with Gasteiger partial charge in [-0.2, -0.15) is 0 Å². The highest BCUT2D eigenvalue weighted by Gasteiger charge is 2.53. The monoisotopic (exact) mass is 265 g/mol. The van der Waals surface area contributed by atoms with E-state index in [1.54, 1.807) is 31.3 Å². The fourth-order valence-corrected chi connectivity index (χ4v) is 2.44. The number of carboxylic acid groups (broad SMARTS) is 1. The first kappa shape index (κ1) is 14.0. The summed E-state index contributed by atoms with van der Waals surface area (Å²) < 4.78 is 0. The van der Waals surface area contributed by atoms with Crippen LogP contribution in [0, 0.1) is 0 Å². The summed E-state index contributed by atoms with van der Waals surface area (Å²) in [7, 11) is 1.68. The maximum atomic E-state index is 11.4. The fourth-order valence-electron chi connectivity index (χ4n) is 2.44. The minimum atomic E-state index is -1.08. The van der Waals surface area contributed by atoms with Crippen LogP contribution in [0.15, 0.2) is 24.3 Å². The number of hydrogen-bond acceptors (Lipinski definition) is 4. The van der Waals surface area contributed by atoms with Crippen molar-refractivity contribution in [1.29, 1.82) is 0 Å². The van der Waals surface area contributed by atoms with E-state index in [1.807, 2.05) is 0 Å². The Kier molecular flexibility index (Phi) is 3.89. The zero-order valence-corrected chi connectivity index (χ0v) is 10.8. The minimum Gasteiger partial charge on any atom is -0.481 e. The molecule has 0 radical (unpaired) electrons. The molecule has 0 aromatic heterocycles. The lowest BCUT2D eigenvalue weighted by atomic mass is 9.87. The van der Waals surface area contributed by atoms with E-state index in [4.69, 9.17) is 0 Å². The van der Waals surface area contributed by atoms with Gasteiger partial charge >= 0.3 is 5.97 Å². The molecule has 0 heterocycles. The Hall–Kier alpha value is -1.43. The van der Waals surface area contributed by atoms with Crippen molar-refractivity contribution in [1.82, 2.24) is 5.32 Å². The highest BCUT2D eigenvalue weighted by molar-refractivity contribution is 5.85. The van der Waals surface area contributed by atoms with Crippen molar-refractivity contribution in [3.63, 3.8) is 0 Å². The lowest BCUT2D eigenvalue weighted by Crippen LogP contribution is -2.31. The maximum absolute atomic E-state index is 11.4. The third-order valence-corrected chi connectivity index (χ3v) is 3.73. The largest absolute Gasteiger partial charge is 0.481 e. The third-order valence-electron chi connectivity index (χ3n) is 3.73. The molecule has 5 nitrogen and oxygen atoms in total. The molecule has 0 saturated heterocycles. The molecule has 0 amide bonds. The molecule has 1 aromatic carbocycles. The first-order chi connectivity index (χ1) is 9.03. The van der Waals surface area contributed by atoms with Crippen molar-refractivity contribution < 1.29 is 20.1 Å². The van der Waals surface area contributed by atoms with Gasteiger partial charge in [0.2, 0.25) is 0 Å². The second-order valence-electron chi connectivity index (χ2n) is 5.04. The van der Waals surface area contributed by atoms with Gasteiger partial charge in [0, 0.05) is 6.54 Å². The SMILES string of the molecule is CNCC(O)C(O)c1ccccc1C1(C(=O)O)CC1. The molecule has 2 atom stereocenters. The molecule has 1 aromatic rings. The molecule has 0 aliphatic heterocycles. The van der Waals surface area contributed by atoms with Crippen LogP contribution in [0.3, 0.4) is 0 Å². The first-order valence-corrected chi connectivity index (χ1v) is 6.36. The fraction of sp³-hybridized carbons (Fsp3) is 0.500. The van der Waals surface area contributed by atoms with Crippen LogP contribution in [-0.2, 0) is 10.2 Å². The number of hydrogen-bond donors (Lipinski definition) is 4. The molecule has 2 rings (SSSR count). The zero-order valence-electron chi connectivity index (χ0n) is 10.8. The van der Waals surface area contributed by atoms with E-state index in [0.717, 1.165) is 0 Å². The predicted octanol–water partition coefficient (Wildman–Crippen LogP) is 0.416. The Morgan fingerprint density at radius 3 is 2.53 bits per heavy atom. The number of carboxylic acids is 1. The topological polar surface area (TPSA) is 89.8 Å². The van der Waals surface area contributed by atoms with E-state index < -0.39 is 23.6 Å². The number of benzene rings is 1. The lowest BCUT2D eigenvalue weighted by molar-refractivity contribution is -0.140. The van der Waals surface area contributed by atoms with Crippen molar-refractivity contribution in [2.24, 2.45) is 0 Å². The number of aliphatic carboxylic acids is 1. The average molecular weight is 265 g/mol. The molecule has 19 heavy (non-hydrogen) atoms. The van der Waals surface area contributed by atoms with E-state index in [2.05, 4.69) is 5.32 Å². The second kappa shape index (κ2) is 5.28. The van der Waals surface area contributed by atoms with Gasteiger partial charge in [-0.15, -0.1) is 0 Å². The van der Waals surface area contributed by atoms with E-state index >= 15 is 0 Å². The second-order valence-corrected chi connectivity index (χ2v) is 5.04. The quantitative estimate of drug-likeness (QED) is 0.598. The Labute approximate surface area is 111 Å². The average Bonchev–Trinajstić information content (AvgIpc) is 3.19. The Balaban J connectivity index is 2.34. The lowest BCUT2D eigenvalue weighted by Gasteiger charge is -2.23. The predicted molar refractivity (Wildman–Crippen MR) is 69.9 cm³/mol. The molecule has 1 aliphatic rings. The number of aliphatic hydroxyl groups excluding tert-OH is 2. The zero-order chi connectivity index (χ0) is 14.0. The Bertz CT molecular complexity index is 470. The van der Waals surface area contributed by atoms with Crippen molar-refractivity contribution in [3.8, 4) is 0 Å². The van der Waals surface area contributed by atoms with E-state index in [1.165, 1.54) is 0 Å². The van der Waals surface area contributed by atoms with Crippen LogP contribution in [0.1, 0.15) is 30.1 Å². The third kappa shape index (κ3) is 2.49. The van der Waals surface area contributed by atoms with E-state index in [-0.39, 0.29) is 6.54 Å². The summed E-state index contributed by atoms with van der Waals surface area (Å²) in [5.41, 5.74) is 0.243. The number of rotatable bonds is 6. The molecule has 2 unspecified atom stereocenters. The molecular formula is C14H19NO4. The molecule has 1 saturated carbocycles. The van der Waals surface area contributed by atoms with E-state index in [9.17, 15) is 20.1 Å². The highest BCUT2D eigenvalue weighted by atomic mass is 16.4. The van der Waals surface area contributed by atoms with Crippen LogP contribution in [0.2, 0.25) is 0 Å². The van der Waals surface area contributed by atoms with Gasteiger partial charge in [-0.1, -0.05) is 24.3 Å². The van der Waals surface area contributed by atoms with Crippen molar-refractivity contribution in [2.75, 3.05) is 13.6 Å². The summed E-state index contributed by atoms with van der Waals surface area (Å²) >= 11 is 0. The molecule has 0 bridgehead atoms. The summed E-state index contributed by atoms with van der Waals surface area (Å²) in [6, 6.07) is 6.92. The van der Waals surface area contributed by atoms with Crippen molar-refractivity contribution >= 4 is 5.97 Å². The first-order valence-electron chi connectivity index (χ1n) is 6.36. The molecule has 0 spiro atoms. The van der Waals surface area contributed by atoms with Crippen molar-refractivity contribution in [3.05, 3.63) is 35.4 Å². The standard InChI is InChI=1S/C14H19NO4/c1-15-8-11(16)12(17)9-4-2-3-5-10(9)14(6-7-14)13(18)19/h2-5,11-12,15-17H,6-8H2,1H3,(H,18,19). The normalized spacial score (nSPS) is 19.7. The van der Waals surface area contributed by atoms with Gasteiger partial charge in [-0.25, -0.2) is 0 Å². The molecular weight excluding hydrogens is 246 g/mol. The van der Waals surface area contributed by atoms with Gasteiger partial charge < -0.3 is 20.6 Å². The molecule has 1 fully saturated rings. The number of likely N-dealkylation sites (N-methyl/N-ethyl adjacent to an activating group) is 1. The van der Waals surface area contributed by atoms with Gasteiger partial charge in [0.1, 0.15) is 6.10 Å². The van der Waals surface area contributed by atoms with Gasteiger partial charge in [-0.3, -0.25) is 4.79 Å². The van der Waals surface area contributed by atoms with Gasteiger partial charge in [0.15, 0.2) is 0 Å². The summed E-state index contributed by atoms with van der Waals surface area (Å²) in [4.78, 5) is 11.4. The molecule has 4 N–H and O–H groups in total. The van der Waals surface area contributed by atoms with Crippen LogP contribution in [0.25, 0.3) is 0 Å². The Morgan fingerprint density at radius 2 is 2.00 bits per heavy atom. The van der Waals surface area contributed by atoms with Gasteiger partial charge in [0.05, 0.1) is 11.5 Å². The maximum Gasteiger partial charge on any atom is 0.314 e. The van der Waals surface area contributed by atoms with Crippen LogP contribution in [-0.4, -0.2) is 41.0 Å². The summed E-state index contributed by atoms with van der Waals surface area (Å²) in [5.74, 6) is -0.866. The van der Waals surface area contributed by atoms with Gasteiger partial charge in [-0.05, 0) is 31.0 Å². The summed E-state index contributed by atoms with van der Waals surface area (Å²) in [5, 5.41) is 32.2. The highest BCUT2D eigenvalue weighted by Crippen LogP contribution is 2.50. The number of nitrogens with one attached hydrogen (secondary N) is 1. The number of carbonyl (C=O) groups is 1. The molecule has 1 aliphatic carbocycles. The summed E-state index contributed by atoms with van der Waals surface area (Å²) in [6.45, 7) is 0.246. The Morgan fingerprint density at radius 1 is 1.37 bits per heavy atom. The molecule has 104 valence electrons. The smallest absolute Gasteiger partial charge is 0.314 e. The molecule has 5 heteroatoms. The van der Waals surface area contributed by atoms with E-state index in [0.29, 0.717) is 24.0 Å². The minimum absolute atomic E-state index is 0.246. The van der Waals surface area contributed by atoms with Crippen LogP contribution < -0.4 is 5.32 Å². The van der Waals surface area contributed by atoms with Crippen molar-refractivity contribution in [2.45, 2.75) is 30.5 Å². The van der Waals surface area contributed by atoms with Crippen LogP contribution >= 0.6 is 0 Å². The number of aliphatic hydroxyl groups is 2. The van der Waals surface area contributed by atoms with Gasteiger partial charge in [0.25, 0.3) is 0 Å². The van der Waals surface area contributed by atoms with Crippen LogP contribution in [0.4, 0.5) is 0 Å². The van der Waals surface area contributed by atoms with Crippen LogP contribution in [0.5, 0.6) is 0 Å².